The van der Waals surface area contributed by atoms with E-state index in [1.807, 2.05) is 0 Å². The third-order valence-corrected chi connectivity index (χ3v) is 1.63. The average molecular weight is 232 g/mol. The first-order valence-electron chi connectivity index (χ1n) is 4.27. The van der Waals surface area contributed by atoms with Crippen LogP contribution in [0.15, 0.2) is 17.3 Å². The zero-order valence-corrected chi connectivity index (χ0v) is 8.21. The topological polar surface area (TPSA) is 51.6 Å². The van der Waals surface area contributed by atoms with Gasteiger partial charge < -0.3 is 4.74 Å². The molecule has 0 aliphatic heterocycles. The second-order valence-corrected chi connectivity index (χ2v) is 2.64. The molecular formula is C9H7F3N2O2. The van der Waals surface area contributed by atoms with Gasteiger partial charge in [-0.25, -0.2) is 9.78 Å². The first kappa shape index (κ1) is 12.2. The van der Waals surface area contributed by atoms with E-state index in [0.717, 1.165) is 18.3 Å². The molecule has 1 heterocycles. The summed E-state index contributed by atoms with van der Waals surface area (Å²) in [5.74, 6) is -1.15. The number of aromatic nitrogens is 1. The molecule has 0 aliphatic carbocycles. The van der Waals surface area contributed by atoms with Gasteiger partial charge >= 0.3 is 6.18 Å². The molecule has 1 aromatic rings. The highest BCUT2D eigenvalue weighted by Gasteiger charge is 2.38. The molecule has 0 spiro atoms. The molecule has 0 saturated heterocycles. The van der Waals surface area contributed by atoms with E-state index in [9.17, 15) is 18.0 Å². The molecule has 0 atom stereocenters. The lowest BCUT2D eigenvalue weighted by atomic mass is 10.2. The van der Waals surface area contributed by atoms with Gasteiger partial charge in [0.05, 0.1) is 6.61 Å². The van der Waals surface area contributed by atoms with Crippen molar-refractivity contribution in [2.45, 2.75) is 13.1 Å². The maximum Gasteiger partial charge on any atom is 0.423 e. The van der Waals surface area contributed by atoms with Crippen LogP contribution in [0.4, 0.5) is 19.0 Å². The van der Waals surface area contributed by atoms with Crippen molar-refractivity contribution in [2.24, 2.45) is 4.99 Å². The van der Waals surface area contributed by atoms with Crippen molar-refractivity contribution in [1.82, 2.24) is 4.98 Å². The first-order chi connectivity index (χ1) is 7.50. The lowest BCUT2D eigenvalue weighted by molar-refractivity contribution is -0.138. The van der Waals surface area contributed by atoms with Crippen molar-refractivity contribution in [2.75, 3.05) is 6.61 Å². The number of carbonyl (C=O) groups excluding carboxylic acids is 1. The number of pyridine rings is 1. The first-order valence-corrected chi connectivity index (χ1v) is 4.27. The van der Waals surface area contributed by atoms with Gasteiger partial charge in [-0.05, 0) is 13.0 Å². The molecule has 0 aromatic carbocycles. The van der Waals surface area contributed by atoms with Crippen LogP contribution < -0.4 is 4.74 Å². The van der Waals surface area contributed by atoms with Gasteiger partial charge in [0.2, 0.25) is 6.08 Å². The zero-order valence-electron chi connectivity index (χ0n) is 8.21. The molecule has 0 bridgehead atoms. The van der Waals surface area contributed by atoms with Gasteiger partial charge in [-0.1, -0.05) is 0 Å². The quantitative estimate of drug-likeness (QED) is 0.594. The third-order valence-electron chi connectivity index (χ3n) is 1.63. The van der Waals surface area contributed by atoms with Gasteiger partial charge in [-0.2, -0.15) is 13.2 Å². The Morgan fingerprint density at radius 3 is 2.75 bits per heavy atom. The monoisotopic (exact) mass is 232 g/mol. The number of ether oxygens (including phenoxy) is 1. The molecular weight excluding hydrogens is 225 g/mol. The minimum Gasteiger partial charge on any atom is -0.493 e. The fourth-order valence-electron chi connectivity index (χ4n) is 1.10. The summed E-state index contributed by atoms with van der Waals surface area (Å²) in [6, 6.07) is 1.07. The van der Waals surface area contributed by atoms with Gasteiger partial charge in [0.1, 0.15) is 11.3 Å². The smallest absolute Gasteiger partial charge is 0.423 e. The van der Waals surface area contributed by atoms with E-state index >= 15 is 0 Å². The molecule has 0 fully saturated rings. The number of aliphatic imine (C=N–C) groups is 1. The second-order valence-electron chi connectivity index (χ2n) is 2.64. The summed E-state index contributed by atoms with van der Waals surface area (Å²) in [7, 11) is 0. The van der Waals surface area contributed by atoms with Gasteiger partial charge in [0.25, 0.3) is 0 Å². The molecule has 1 aromatic heterocycles. The molecule has 1 rings (SSSR count). The van der Waals surface area contributed by atoms with E-state index in [1.54, 1.807) is 6.92 Å². The van der Waals surface area contributed by atoms with Gasteiger partial charge in [-0.3, -0.25) is 0 Å². The Morgan fingerprint density at radius 2 is 2.25 bits per heavy atom. The lowest BCUT2D eigenvalue weighted by Crippen LogP contribution is -2.09. The summed E-state index contributed by atoms with van der Waals surface area (Å²) in [5.41, 5.74) is -1.17. The highest BCUT2D eigenvalue weighted by atomic mass is 19.4. The molecule has 86 valence electrons. The van der Waals surface area contributed by atoms with Crippen LogP contribution in [0.5, 0.6) is 5.75 Å². The molecule has 0 radical (unpaired) electrons. The van der Waals surface area contributed by atoms with E-state index in [0.29, 0.717) is 0 Å². The van der Waals surface area contributed by atoms with Crippen molar-refractivity contribution in [3.63, 3.8) is 0 Å². The number of hydrogen-bond donors (Lipinski definition) is 0. The Hall–Kier alpha value is -1.88. The Kier molecular flexibility index (Phi) is 3.63. The number of halogens is 3. The molecule has 0 saturated carbocycles. The fraction of sp³-hybridized carbons (Fsp3) is 0.333. The lowest BCUT2D eigenvalue weighted by Gasteiger charge is -2.13. The minimum absolute atomic E-state index is 0.0668. The zero-order chi connectivity index (χ0) is 12.2. The van der Waals surface area contributed by atoms with Crippen molar-refractivity contribution >= 4 is 11.9 Å². The highest BCUT2D eigenvalue weighted by Crippen LogP contribution is 2.41. The maximum atomic E-state index is 12.6. The molecule has 0 N–H and O–H groups in total. The largest absolute Gasteiger partial charge is 0.493 e. The SMILES string of the molecule is CCOc1ccnc(N=C=O)c1C(F)(F)F. The molecule has 0 aliphatic rings. The van der Waals surface area contributed by atoms with Crippen LogP contribution in [-0.2, 0) is 11.0 Å². The summed E-state index contributed by atoms with van der Waals surface area (Å²) in [6.07, 6.45) is -2.58. The number of hydrogen-bond acceptors (Lipinski definition) is 4. The fourth-order valence-corrected chi connectivity index (χ4v) is 1.10. The summed E-state index contributed by atoms with van der Waals surface area (Å²) >= 11 is 0. The van der Waals surface area contributed by atoms with Crippen molar-refractivity contribution in [3.05, 3.63) is 17.8 Å². The van der Waals surface area contributed by atoms with Crippen molar-refractivity contribution in [3.8, 4) is 5.75 Å². The van der Waals surface area contributed by atoms with E-state index in [4.69, 9.17) is 4.74 Å². The summed E-state index contributed by atoms with van der Waals surface area (Å²) in [6.45, 7) is 1.61. The van der Waals surface area contributed by atoms with E-state index in [1.165, 1.54) is 0 Å². The van der Waals surface area contributed by atoms with Crippen molar-refractivity contribution in [1.29, 1.82) is 0 Å². The van der Waals surface area contributed by atoms with E-state index in [2.05, 4.69) is 9.98 Å². The maximum absolute atomic E-state index is 12.6. The number of nitrogens with zero attached hydrogens (tertiary/aromatic N) is 2. The number of rotatable bonds is 3. The second kappa shape index (κ2) is 4.76. The summed E-state index contributed by atoms with van der Waals surface area (Å²) in [4.78, 5) is 16.2. The van der Waals surface area contributed by atoms with Crippen LogP contribution in [0, 0.1) is 0 Å². The van der Waals surface area contributed by atoms with Crippen LogP contribution in [0.3, 0.4) is 0 Å². The van der Waals surface area contributed by atoms with Crippen LogP contribution in [0.1, 0.15) is 12.5 Å². The van der Waals surface area contributed by atoms with Gasteiger partial charge in [0, 0.05) is 6.20 Å². The Bertz CT molecular complexity index is 425. The van der Waals surface area contributed by atoms with Crippen LogP contribution >= 0.6 is 0 Å². The van der Waals surface area contributed by atoms with Crippen LogP contribution in [0.25, 0.3) is 0 Å². The van der Waals surface area contributed by atoms with Gasteiger partial charge in [0.15, 0.2) is 5.82 Å². The molecule has 16 heavy (non-hydrogen) atoms. The van der Waals surface area contributed by atoms with E-state index in [-0.39, 0.29) is 6.61 Å². The van der Waals surface area contributed by atoms with Gasteiger partial charge in [-0.15, -0.1) is 4.99 Å². The molecule has 4 nitrogen and oxygen atoms in total. The Balaban J connectivity index is 3.40. The predicted molar refractivity (Wildman–Crippen MR) is 48.2 cm³/mol. The third kappa shape index (κ3) is 2.58. The molecule has 0 amide bonds. The van der Waals surface area contributed by atoms with Crippen LogP contribution in [0.2, 0.25) is 0 Å². The molecule has 7 heteroatoms. The van der Waals surface area contributed by atoms with Crippen molar-refractivity contribution < 1.29 is 22.7 Å². The Labute approximate surface area is 88.8 Å². The predicted octanol–water partition coefficient (Wildman–Crippen LogP) is 2.47. The normalized spacial score (nSPS) is 10.8. The summed E-state index contributed by atoms with van der Waals surface area (Å²) < 4.78 is 42.7. The van der Waals surface area contributed by atoms with E-state index < -0.39 is 23.3 Å². The average Bonchev–Trinajstić information content (AvgIpc) is 2.17. The standard InChI is InChI=1S/C9H7F3N2O2/c1-2-16-6-3-4-13-8(14-5-15)7(6)9(10,11)12/h3-4H,2H2,1H3. The van der Waals surface area contributed by atoms with Crippen LogP contribution in [-0.4, -0.2) is 17.7 Å². The summed E-state index contributed by atoms with van der Waals surface area (Å²) in [5, 5.41) is 0. The molecule has 0 unspecified atom stereocenters. The number of alkyl halides is 3. The minimum atomic E-state index is -4.69. The number of isocyanates is 1. The Morgan fingerprint density at radius 1 is 1.56 bits per heavy atom. The highest BCUT2D eigenvalue weighted by molar-refractivity contribution is 5.55.